The van der Waals surface area contributed by atoms with Gasteiger partial charge >= 0.3 is 5.97 Å². The van der Waals surface area contributed by atoms with Crippen molar-refractivity contribution in [3.63, 3.8) is 0 Å². The highest BCUT2D eigenvalue weighted by Crippen LogP contribution is 2.35. The summed E-state index contributed by atoms with van der Waals surface area (Å²) in [5.41, 5.74) is -0.268. The van der Waals surface area contributed by atoms with Crippen LogP contribution in [0.4, 0.5) is 0 Å². The molecule has 0 radical (unpaired) electrons. The van der Waals surface area contributed by atoms with E-state index in [1.54, 1.807) is 0 Å². The number of carbonyl (C=O) groups is 1. The van der Waals surface area contributed by atoms with Gasteiger partial charge in [0.05, 0.1) is 12.0 Å². The minimum absolute atomic E-state index is 0.0324. The van der Waals surface area contributed by atoms with Crippen LogP contribution in [0.2, 0.25) is 0 Å². The normalized spacial score (nSPS) is 28.0. The summed E-state index contributed by atoms with van der Waals surface area (Å²) in [5.74, 6) is 0.316. The maximum atomic E-state index is 11.7. The van der Waals surface area contributed by atoms with Crippen molar-refractivity contribution in [2.24, 2.45) is 11.3 Å². The zero-order valence-corrected chi connectivity index (χ0v) is 8.72. The molecule has 3 nitrogen and oxygen atoms in total. The molecule has 1 aliphatic heterocycles. The molecule has 1 atom stereocenters. The molecule has 0 bridgehead atoms. The molecule has 0 aliphatic carbocycles. The summed E-state index contributed by atoms with van der Waals surface area (Å²) in [6.45, 7) is 8.20. The third kappa shape index (κ3) is 1.85. The Bertz CT molecular complexity index is 183. The summed E-state index contributed by atoms with van der Waals surface area (Å²) in [6, 6.07) is 0. The van der Waals surface area contributed by atoms with Gasteiger partial charge in [0.25, 0.3) is 0 Å². The summed E-state index contributed by atoms with van der Waals surface area (Å²) in [4.78, 5) is 11.7. The van der Waals surface area contributed by atoms with Gasteiger partial charge in [-0.05, 0) is 25.8 Å². The third-order valence-corrected chi connectivity index (χ3v) is 2.98. The van der Waals surface area contributed by atoms with Crippen molar-refractivity contribution in [2.75, 3.05) is 19.7 Å². The maximum absolute atomic E-state index is 11.7. The molecule has 0 spiro atoms. The molecule has 3 heteroatoms. The van der Waals surface area contributed by atoms with E-state index in [1.165, 1.54) is 0 Å². The number of hydrogen-bond donors (Lipinski definition) is 1. The first kappa shape index (κ1) is 10.5. The van der Waals surface area contributed by atoms with Crippen molar-refractivity contribution in [3.8, 4) is 0 Å². The van der Waals surface area contributed by atoms with Crippen LogP contribution in [0, 0.1) is 11.3 Å². The van der Waals surface area contributed by atoms with Crippen molar-refractivity contribution >= 4 is 5.97 Å². The van der Waals surface area contributed by atoms with Crippen LogP contribution in [-0.4, -0.2) is 25.7 Å². The van der Waals surface area contributed by atoms with Gasteiger partial charge in [-0.2, -0.15) is 0 Å². The number of nitrogens with one attached hydrogen (secondary N) is 1. The Labute approximate surface area is 79.8 Å². The molecule has 1 fully saturated rings. The van der Waals surface area contributed by atoms with Crippen LogP contribution in [-0.2, 0) is 9.53 Å². The summed E-state index contributed by atoms with van der Waals surface area (Å²) in [6.07, 6.45) is 0.906. The number of rotatable bonds is 3. The van der Waals surface area contributed by atoms with Crippen molar-refractivity contribution in [1.29, 1.82) is 0 Å². The number of hydrogen-bond acceptors (Lipinski definition) is 3. The lowest BCUT2D eigenvalue weighted by molar-refractivity contribution is -0.157. The molecule has 1 aliphatic rings. The van der Waals surface area contributed by atoms with Crippen molar-refractivity contribution in [1.82, 2.24) is 5.32 Å². The SMILES string of the molecule is CCOC(=O)[C@]1(C(C)C)CCNC1. The minimum atomic E-state index is -0.268. The molecule has 0 aromatic heterocycles. The van der Waals surface area contributed by atoms with Crippen molar-refractivity contribution < 1.29 is 9.53 Å². The quantitative estimate of drug-likeness (QED) is 0.671. The molecular formula is C10H19NO2. The Morgan fingerprint density at radius 1 is 1.62 bits per heavy atom. The first-order valence-corrected chi connectivity index (χ1v) is 5.01. The molecule has 1 N–H and O–H groups in total. The smallest absolute Gasteiger partial charge is 0.313 e. The fourth-order valence-corrected chi connectivity index (χ4v) is 1.89. The lowest BCUT2D eigenvalue weighted by Crippen LogP contribution is -2.39. The van der Waals surface area contributed by atoms with E-state index < -0.39 is 0 Å². The largest absolute Gasteiger partial charge is 0.466 e. The van der Waals surface area contributed by atoms with Gasteiger partial charge in [-0.15, -0.1) is 0 Å². The number of ether oxygens (including phenoxy) is 1. The van der Waals surface area contributed by atoms with E-state index in [0.29, 0.717) is 12.5 Å². The van der Waals surface area contributed by atoms with E-state index >= 15 is 0 Å². The van der Waals surface area contributed by atoms with Gasteiger partial charge in [0, 0.05) is 6.54 Å². The number of carbonyl (C=O) groups excluding carboxylic acids is 1. The van der Waals surface area contributed by atoms with E-state index in [-0.39, 0.29) is 11.4 Å². The molecule has 0 aromatic carbocycles. The van der Waals surface area contributed by atoms with Gasteiger partial charge in [0.2, 0.25) is 0 Å². The Balaban J connectivity index is 2.72. The van der Waals surface area contributed by atoms with Crippen LogP contribution < -0.4 is 5.32 Å². The molecule has 1 rings (SSSR count). The molecule has 1 heterocycles. The lowest BCUT2D eigenvalue weighted by atomic mass is 9.76. The Hall–Kier alpha value is -0.570. The minimum Gasteiger partial charge on any atom is -0.466 e. The highest BCUT2D eigenvalue weighted by molar-refractivity contribution is 5.78. The van der Waals surface area contributed by atoms with E-state index in [0.717, 1.165) is 19.5 Å². The second kappa shape index (κ2) is 4.09. The summed E-state index contributed by atoms with van der Waals surface area (Å²) in [5, 5.41) is 3.23. The summed E-state index contributed by atoms with van der Waals surface area (Å²) in [7, 11) is 0. The molecule has 0 saturated carbocycles. The van der Waals surface area contributed by atoms with Crippen molar-refractivity contribution in [3.05, 3.63) is 0 Å². The predicted molar refractivity (Wildman–Crippen MR) is 51.4 cm³/mol. The molecule has 1 saturated heterocycles. The molecule has 0 amide bonds. The van der Waals surface area contributed by atoms with Gasteiger partial charge in [-0.1, -0.05) is 13.8 Å². The van der Waals surface area contributed by atoms with Crippen LogP contribution in [0.3, 0.4) is 0 Å². The fraction of sp³-hybridized carbons (Fsp3) is 0.900. The van der Waals surface area contributed by atoms with Crippen LogP contribution in [0.15, 0.2) is 0 Å². The monoisotopic (exact) mass is 185 g/mol. The molecule has 13 heavy (non-hydrogen) atoms. The van der Waals surface area contributed by atoms with Gasteiger partial charge in [-0.25, -0.2) is 0 Å². The standard InChI is InChI=1S/C10H19NO2/c1-4-13-9(12)10(8(2)3)5-6-11-7-10/h8,11H,4-7H2,1-3H3/t10-/m1/s1. The van der Waals surface area contributed by atoms with Gasteiger partial charge in [-0.3, -0.25) is 4.79 Å². The second-order valence-corrected chi connectivity index (χ2v) is 3.96. The van der Waals surface area contributed by atoms with Gasteiger partial charge < -0.3 is 10.1 Å². The van der Waals surface area contributed by atoms with Gasteiger partial charge in [0.1, 0.15) is 0 Å². The Morgan fingerprint density at radius 2 is 2.31 bits per heavy atom. The highest BCUT2D eigenvalue weighted by atomic mass is 16.5. The van der Waals surface area contributed by atoms with Crippen LogP contribution in [0.5, 0.6) is 0 Å². The van der Waals surface area contributed by atoms with Crippen LogP contribution in [0.25, 0.3) is 0 Å². The first-order valence-electron chi connectivity index (χ1n) is 5.01. The highest BCUT2D eigenvalue weighted by Gasteiger charge is 2.45. The zero-order chi connectivity index (χ0) is 9.90. The summed E-state index contributed by atoms with van der Waals surface area (Å²) < 4.78 is 5.11. The van der Waals surface area contributed by atoms with E-state index in [1.807, 2.05) is 6.92 Å². The van der Waals surface area contributed by atoms with E-state index in [2.05, 4.69) is 19.2 Å². The second-order valence-electron chi connectivity index (χ2n) is 3.96. The first-order chi connectivity index (χ1) is 6.13. The average Bonchev–Trinajstić information content (AvgIpc) is 2.53. The summed E-state index contributed by atoms with van der Waals surface area (Å²) >= 11 is 0. The van der Waals surface area contributed by atoms with Gasteiger partial charge in [0.15, 0.2) is 0 Å². The molecular weight excluding hydrogens is 166 g/mol. The third-order valence-electron chi connectivity index (χ3n) is 2.98. The van der Waals surface area contributed by atoms with Crippen molar-refractivity contribution in [2.45, 2.75) is 27.2 Å². The van der Waals surface area contributed by atoms with E-state index in [9.17, 15) is 4.79 Å². The average molecular weight is 185 g/mol. The topological polar surface area (TPSA) is 38.3 Å². The Morgan fingerprint density at radius 3 is 2.69 bits per heavy atom. The van der Waals surface area contributed by atoms with Crippen LogP contribution >= 0.6 is 0 Å². The molecule has 0 unspecified atom stereocenters. The number of esters is 1. The predicted octanol–water partition coefficient (Wildman–Crippen LogP) is 1.19. The molecule has 0 aromatic rings. The zero-order valence-electron chi connectivity index (χ0n) is 8.72. The Kier molecular flexibility index (Phi) is 3.31. The maximum Gasteiger partial charge on any atom is 0.313 e. The van der Waals surface area contributed by atoms with Crippen LogP contribution in [0.1, 0.15) is 27.2 Å². The fourth-order valence-electron chi connectivity index (χ4n) is 1.89. The molecule has 76 valence electrons. The lowest BCUT2D eigenvalue weighted by Gasteiger charge is -2.29. The van der Waals surface area contributed by atoms with E-state index in [4.69, 9.17) is 4.74 Å².